The maximum Gasteiger partial charge on any atom is 0.263 e. The van der Waals surface area contributed by atoms with Crippen molar-refractivity contribution >= 4 is 43.2 Å². The van der Waals surface area contributed by atoms with Gasteiger partial charge in [0.25, 0.3) is 10.0 Å². The van der Waals surface area contributed by atoms with Crippen LogP contribution in [0.15, 0.2) is 64.2 Å². The molecule has 28 heavy (non-hydrogen) atoms. The first-order valence-corrected chi connectivity index (χ1v) is 10.7. The average molecular weight is 484 g/mol. The second-order valence-corrected chi connectivity index (χ2v) is 8.79. The van der Waals surface area contributed by atoms with Crippen molar-refractivity contribution in [1.29, 1.82) is 0 Å². The number of ether oxygens (including phenoxy) is 2. The number of rotatable bonds is 6. The second kappa shape index (κ2) is 8.38. The van der Waals surface area contributed by atoms with Crippen molar-refractivity contribution in [2.24, 2.45) is 0 Å². The largest absolute Gasteiger partial charge is 0.493 e. The molecule has 146 valence electrons. The summed E-state index contributed by atoms with van der Waals surface area (Å²) < 4.78 is 39.6. The molecule has 0 bridgehead atoms. The van der Waals surface area contributed by atoms with Crippen LogP contribution in [0.2, 0.25) is 5.02 Å². The molecule has 0 fully saturated rings. The molecule has 0 saturated carbocycles. The minimum absolute atomic E-state index is 0.00835. The van der Waals surface area contributed by atoms with Crippen LogP contribution in [0.5, 0.6) is 17.2 Å². The highest BCUT2D eigenvalue weighted by molar-refractivity contribution is 9.10. The van der Waals surface area contributed by atoms with E-state index >= 15 is 0 Å². The summed E-state index contributed by atoms with van der Waals surface area (Å²) in [6, 6.07) is 11.1. The van der Waals surface area contributed by atoms with Crippen molar-refractivity contribution in [3.63, 3.8) is 0 Å². The van der Waals surface area contributed by atoms with Gasteiger partial charge in [-0.05, 0) is 58.7 Å². The first kappa shape index (κ1) is 20.4. The summed E-state index contributed by atoms with van der Waals surface area (Å²) in [4.78, 5) is 4.08. The molecule has 0 spiro atoms. The third-order valence-electron chi connectivity index (χ3n) is 3.68. The second-order valence-electron chi connectivity index (χ2n) is 5.85. The molecule has 3 aromatic rings. The van der Waals surface area contributed by atoms with Crippen molar-refractivity contribution in [1.82, 2.24) is 4.98 Å². The van der Waals surface area contributed by atoms with E-state index in [1.54, 1.807) is 36.7 Å². The zero-order valence-corrected chi connectivity index (χ0v) is 18.1. The van der Waals surface area contributed by atoms with Crippen LogP contribution in [0.3, 0.4) is 0 Å². The van der Waals surface area contributed by atoms with E-state index in [-0.39, 0.29) is 10.6 Å². The lowest BCUT2D eigenvalue weighted by molar-refractivity contribution is 0.376. The van der Waals surface area contributed by atoms with Gasteiger partial charge in [-0.15, -0.1) is 0 Å². The van der Waals surface area contributed by atoms with Gasteiger partial charge in [-0.3, -0.25) is 9.71 Å². The molecule has 1 N–H and O–H groups in total. The lowest BCUT2D eigenvalue weighted by Crippen LogP contribution is -2.14. The summed E-state index contributed by atoms with van der Waals surface area (Å²) in [5.74, 6) is 1.13. The smallest absolute Gasteiger partial charge is 0.263 e. The van der Waals surface area contributed by atoms with Gasteiger partial charge < -0.3 is 9.47 Å². The van der Waals surface area contributed by atoms with Gasteiger partial charge >= 0.3 is 0 Å². The van der Waals surface area contributed by atoms with E-state index in [1.807, 2.05) is 13.0 Å². The molecule has 1 heterocycles. The Morgan fingerprint density at radius 3 is 2.43 bits per heavy atom. The number of halogens is 2. The Labute approximate surface area is 176 Å². The Morgan fingerprint density at radius 1 is 1.07 bits per heavy atom. The number of pyridine rings is 1. The van der Waals surface area contributed by atoms with Gasteiger partial charge in [0.05, 0.1) is 13.3 Å². The van der Waals surface area contributed by atoms with Crippen molar-refractivity contribution in [2.75, 3.05) is 11.8 Å². The molecule has 3 rings (SSSR count). The molecule has 6 nitrogen and oxygen atoms in total. The van der Waals surface area contributed by atoms with E-state index in [4.69, 9.17) is 21.1 Å². The Morgan fingerprint density at radius 2 is 1.79 bits per heavy atom. The quantitative estimate of drug-likeness (QED) is 0.507. The maximum atomic E-state index is 12.8. The lowest BCUT2D eigenvalue weighted by Gasteiger charge is -2.15. The zero-order chi connectivity index (χ0) is 20.3. The predicted octanol–water partition coefficient (Wildman–Crippen LogP) is 5.41. The first-order valence-electron chi connectivity index (χ1n) is 8.04. The van der Waals surface area contributed by atoms with Crippen LogP contribution in [0.4, 0.5) is 5.69 Å². The Kier molecular flexibility index (Phi) is 6.12. The fourth-order valence-electron chi connectivity index (χ4n) is 2.40. The third kappa shape index (κ3) is 4.76. The molecule has 0 aliphatic carbocycles. The summed E-state index contributed by atoms with van der Waals surface area (Å²) in [5.41, 5.74) is 1.32. The number of nitrogens with one attached hydrogen (secondary N) is 1. The van der Waals surface area contributed by atoms with Gasteiger partial charge in [0.1, 0.15) is 10.6 Å². The topological polar surface area (TPSA) is 77.5 Å². The molecule has 0 amide bonds. The van der Waals surface area contributed by atoms with Crippen LogP contribution in [-0.4, -0.2) is 20.5 Å². The lowest BCUT2D eigenvalue weighted by atomic mass is 10.3. The fourth-order valence-corrected chi connectivity index (χ4v) is 4.62. The number of hydrogen-bond acceptors (Lipinski definition) is 5. The van der Waals surface area contributed by atoms with Crippen LogP contribution >= 0.6 is 27.5 Å². The van der Waals surface area contributed by atoms with Crippen LogP contribution in [0.25, 0.3) is 0 Å². The van der Waals surface area contributed by atoms with Gasteiger partial charge in [0, 0.05) is 33.5 Å². The highest BCUT2D eigenvalue weighted by Gasteiger charge is 2.22. The average Bonchev–Trinajstić information content (AvgIpc) is 2.63. The number of methoxy groups -OCH3 is 1. The molecule has 2 aromatic carbocycles. The fraction of sp³-hybridized carbons (Fsp3) is 0.105. The van der Waals surface area contributed by atoms with Crippen LogP contribution < -0.4 is 14.2 Å². The molecule has 0 aliphatic heterocycles. The predicted molar refractivity (Wildman–Crippen MR) is 112 cm³/mol. The summed E-state index contributed by atoms with van der Waals surface area (Å²) in [6.45, 7) is 1.89. The van der Waals surface area contributed by atoms with Crippen LogP contribution in [0, 0.1) is 6.92 Å². The number of hydrogen-bond donors (Lipinski definition) is 1. The first-order chi connectivity index (χ1) is 13.3. The number of aromatic nitrogens is 1. The molecule has 1 aromatic heterocycles. The number of nitrogens with zero attached hydrogens (tertiary/aromatic N) is 1. The normalized spacial score (nSPS) is 11.1. The van der Waals surface area contributed by atoms with E-state index in [2.05, 4.69) is 25.6 Å². The molecule has 0 atom stereocenters. The third-order valence-corrected chi connectivity index (χ3v) is 6.27. The van der Waals surface area contributed by atoms with Crippen LogP contribution in [0.1, 0.15) is 5.56 Å². The van der Waals surface area contributed by atoms with E-state index in [0.717, 1.165) is 5.56 Å². The monoisotopic (exact) mass is 482 g/mol. The Hall–Kier alpha value is -2.29. The van der Waals surface area contributed by atoms with Gasteiger partial charge in [0.15, 0.2) is 11.5 Å². The summed E-state index contributed by atoms with van der Waals surface area (Å²) in [6.07, 6.45) is 3.27. The highest BCUT2D eigenvalue weighted by atomic mass is 79.9. The van der Waals surface area contributed by atoms with Gasteiger partial charge in [-0.2, -0.15) is 0 Å². The zero-order valence-electron chi connectivity index (χ0n) is 14.9. The molecular formula is C19H16BrClN2O4S. The van der Waals surface area contributed by atoms with Gasteiger partial charge in [-0.1, -0.05) is 11.6 Å². The van der Waals surface area contributed by atoms with E-state index in [9.17, 15) is 8.42 Å². The number of anilines is 1. The molecule has 0 aliphatic rings. The summed E-state index contributed by atoms with van der Waals surface area (Å²) in [7, 11) is -2.44. The summed E-state index contributed by atoms with van der Waals surface area (Å²) >= 11 is 9.15. The maximum absolute atomic E-state index is 12.8. The van der Waals surface area contributed by atoms with E-state index < -0.39 is 10.0 Å². The van der Waals surface area contributed by atoms with Crippen molar-refractivity contribution in [2.45, 2.75) is 11.8 Å². The number of benzene rings is 2. The Bertz CT molecular complexity index is 1110. The molecule has 0 saturated heterocycles. The standard InChI is InChI=1S/C19H16BrClN2O4S/c1-12-7-15(11-22-10-12)27-18-8-16(20)19(9-17(18)26-2)28(24,25)23-14-5-3-13(21)4-6-14/h3-11,23H,1-2H3. The van der Waals surface area contributed by atoms with Gasteiger partial charge in [0.2, 0.25) is 0 Å². The SMILES string of the molecule is COc1cc(S(=O)(=O)Nc2ccc(Cl)cc2)c(Br)cc1Oc1cncc(C)c1. The van der Waals surface area contributed by atoms with Gasteiger partial charge in [-0.25, -0.2) is 8.42 Å². The van der Waals surface area contributed by atoms with Crippen molar-refractivity contribution in [3.8, 4) is 17.2 Å². The highest BCUT2D eigenvalue weighted by Crippen LogP contribution is 2.38. The van der Waals surface area contributed by atoms with E-state index in [0.29, 0.717) is 26.7 Å². The van der Waals surface area contributed by atoms with E-state index in [1.165, 1.54) is 19.2 Å². The molecule has 0 radical (unpaired) electrons. The number of sulfonamides is 1. The van der Waals surface area contributed by atoms with Crippen LogP contribution in [-0.2, 0) is 10.0 Å². The minimum Gasteiger partial charge on any atom is -0.493 e. The molecule has 0 unspecified atom stereocenters. The van der Waals surface area contributed by atoms with Crippen molar-refractivity contribution < 1.29 is 17.9 Å². The minimum atomic E-state index is -3.87. The molecule has 9 heteroatoms. The molecular weight excluding hydrogens is 468 g/mol. The Balaban J connectivity index is 1.94. The summed E-state index contributed by atoms with van der Waals surface area (Å²) in [5, 5.41) is 0.512. The van der Waals surface area contributed by atoms with Crippen molar-refractivity contribution in [3.05, 3.63) is 69.9 Å². The number of aryl methyl sites for hydroxylation is 1.